The Balaban J connectivity index is 2.26. The van der Waals surface area contributed by atoms with Gasteiger partial charge in [0.2, 0.25) is 0 Å². The van der Waals surface area contributed by atoms with Crippen molar-refractivity contribution in [1.29, 1.82) is 0 Å². The Morgan fingerprint density at radius 1 is 1.50 bits per heavy atom. The van der Waals surface area contributed by atoms with Crippen molar-refractivity contribution in [3.05, 3.63) is 28.5 Å². The van der Waals surface area contributed by atoms with Gasteiger partial charge < -0.3 is 5.73 Å². The topological polar surface area (TPSA) is 38.9 Å². The molecule has 2 N–H and O–H groups in total. The van der Waals surface area contributed by atoms with E-state index in [4.69, 9.17) is 5.73 Å². The van der Waals surface area contributed by atoms with Crippen LogP contribution < -0.4 is 5.73 Å². The molecule has 1 fully saturated rings. The third kappa shape index (κ3) is 1.48. The Hall–Kier alpha value is -0.410. The monoisotopic (exact) mass is 254 g/mol. The Labute approximate surface area is 93.0 Å². The highest BCUT2D eigenvalue weighted by atomic mass is 79.9. The van der Waals surface area contributed by atoms with Gasteiger partial charge in [-0.1, -0.05) is 13.8 Å². The fourth-order valence-electron chi connectivity index (χ4n) is 2.44. The van der Waals surface area contributed by atoms with Crippen LogP contribution in [-0.2, 0) is 0 Å². The van der Waals surface area contributed by atoms with E-state index in [1.807, 2.05) is 12.4 Å². The molecule has 1 aliphatic carbocycles. The molecule has 1 aromatic rings. The number of hydrogen-bond donors (Lipinski definition) is 1. The number of nitrogens with two attached hydrogens (primary N) is 1. The largest absolute Gasteiger partial charge is 0.330 e. The fourth-order valence-corrected chi connectivity index (χ4v) is 2.83. The van der Waals surface area contributed by atoms with Crippen molar-refractivity contribution in [3.63, 3.8) is 0 Å². The molecule has 0 spiro atoms. The van der Waals surface area contributed by atoms with Crippen molar-refractivity contribution >= 4 is 15.9 Å². The minimum atomic E-state index is 0.344. The van der Waals surface area contributed by atoms with E-state index in [1.165, 1.54) is 5.56 Å². The second-order valence-electron chi connectivity index (χ2n) is 4.58. The number of aromatic nitrogens is 1. The highest BCUT2D eigenvalue weighted by Gasteiger charge is 2.57. The van der Waals surface area contributed by atoms with Crippen LogP contribution in [0.3, 0.4) is 0 Å². The van der Waals surface area contributed by atoms with Gasteiger partial charge in [0, 0.05) is 16.9 Å². The molecule has 3 heteroatoms. The smallest absolute Gasteiger partial charge is 0.0410 e. The Morgan fingerprint density at radius 2 is 2.21 bits per heavy atom. The summed E-state index contributed by atoms with van der Waals surface area (Å²) in [5.41, 5.74) is 7.39. The van der Waals surface area contributed by atoms with Crippen molar-refractivity contribution in [1.82, 2.24) is 4.98 Å². The summed E-state index contributed by atoms with van der Waals surface area (Å²) in [6.07, 6.45) is 3.77. The molecule has 2 rings (SSSR count). The van der Waals surface area contributed by atoms with Crippen molar-refractivity contribution in [2.75, 3.05) is 6.54 Å². The Kier molecular flexibility index (Phi) is 2.40. The third-order valence-electron chi connectivity index (χ3n) is 3.39. The number of pyridine rings is 1. The van der Waals surface area contributed by atoms with Crippen LogP contribution in [0.2, 0.25) is 0 Å². The summed E-state index contributed by atoms with van der Waals surface area (Å²) < 4.78 is 1.05. The van der Waals surface area contributed by atoms with Crippen LogP contribution in [0.5, 0.6) is 0 Å². The first-order valence-electron chi connectivity index (χ1n) is 4.88. The average molecular weight is 255 g/mol. The lowest BCUT2D eigenvalue weighted by atomic mass is 10.1. The predicted molar refractivity (Wildman–Crippen MR) is 61.0 cm³/mol. The van der Waals surface area contributed by atoms with E-state index >= 15 is 0 Å². The van der Waals surface area contributed by atoms with Gasteiger partial charge in [0.15, 0.2) is 0 Å². The average Bonchev–Trinajstić information content (AvgIpc) is 2.68. The van der Waals surface area contributed by atoms with E-state index in [0.29, 0.717) is 17.3 Å². The van der Waals surface area contributed by atoms with Gasteiger partial charge in [-0.05, 0) is 51.4 Å². The molecule has 2 atom stereocenters. The maximum absolute atomic E-state index is 5.74. The molecule has 0 aliphatic heterocycles. The number of rotatable bonds is 2. The lowest BCUT2D eigenvalue weighted by molar-refractivity contribution is 0.558. The van der Waals surface area contributed by atoms with Gasteiger partial charge in [-0.3, -0.25) is 4.98 Å². The molecular formula is C11H15BrN2. The number of hydrogen-bond acceptors (Lipinski definition) is 2. The Bertz CT molecular complexity index is 349. The lowest BCUT2D eigenvalue weighted by Crippen LogP contribution is -2.05. The SMILES string of the molecule is CC1(C)C(CN)C1c1cncc(Br)c1. The van der Waals surface area contributed by atoms with Crippen LogP contribution in [0.4, 0.5) is 0 Å². The van der Waals surface area contributed by atoms with Gasteiger partial charge in [-0.25, -0.2) is 0 Å². The summed E-state index contributed by atoms with van der Waals surface area (Å²) in [6.45, 7) is 5.32. The molecule has 2 nitrogen and oxygen atoms in total. The summed E-state index contributed by atoms with van der Waals surface area (Å²) in [6, 6.07) is 2.15. The molecule has 76 valence electrons. The quantitative estimate of drug-likeness (QED) is 0.881. The highest BCUT2D eigenvalue weighted by Crippen LogP contribution is 2.63. The summed E-state index contributed by atoms with van der Waals surface area (Å²) in [5, 5.41) is 0. The molecule has 14 heavy (non-hydrogen) atoms. The molecule has 1 heterocycles. The van der Waals surface area contributed by atoms with Crippen LogP contribution in [0.15, 0.2) is 22.9 Å². The molecule has 0 aromatic carbocycles. The van der Waals surface area contributed by atoms with Crippen molar-refractivity contribution in [2.45, 2.75) is 19.8 Å². The van der Waals surface area contributed by atoms with Crippen LogP contribution >= 0.6 is 15.9 Å². The third-order valence-corrected chi connectivity index (χ3v) is 3.82. The van der Waals surface area contributed by atoms with Gasteiger partial charge >= 0.3 is 0 Å². The van der Waals surface area contributed by atoms with E-state index in [-0.39, 0.29) is 0 Å². The van der Waals surface area contributed by atoms with Gasteiger partial charge in [-0.15, -0.1) is 0 Å². The number of halogens is 1. The molecular weight excluding hydrogens is 240 g/mol. The first kappa shape index (κ1) is 10.1. The maximum atomic E-state index is 5.74. The molecule has 0 amide bonds. The lowest BCUT2D eigenvalue weighted by Gasteiger charge is -2.02. The maximum Gasteiger partial charge on any atom is 0.0410 e. The number of nitrogens with zero attached hydrogens (tertiary/aromatic N) is 1. The highest BCUT2D eigenvalue weighted by molar-refractivity contribution is 9.10. The van der Waals surface area contributed by atoms with Gasteiger partial charge in [0.1, 0.15) is 0 Å². The molecule has 1 saturated carbocycles. The molecule has 0 saturated heterocycles. The standard InChI is InChI=1S/C11H15BrN2/c1-11(2)9(4-13)10(11)7-3-8(12)6-14-5-7/h3,5-6,9-10H,4,13H2,1-2H3. The van der Waals surface area contributed by atoms with Crippen molar-refractivity contribution in [2.24, 2.45) is 17.1 Å². The first-order valence-corrected chi connectivity index (χ1v) is 5.67. The van der Waals surface area contributed by atoms with Crippen molar-refractivity contribution in [3.8, 4) is 0 Å². The van der Waals surface area contributed by atoms with Crippen LogP contribution in [0, 0.1) is 11.3 Å². The second kappa shape index (κ2) is 3.31. The molecule has 2 unspecified atom stereocenters. The zero-order valence-electron chi connectivity index (χ0n) is 8.50. The van der Waals surface area contributed by atoms with Gasteiger partial charge in [-0.2, -0.15) is 0 Å². The predicted octanol–water partition coefficient (Wildman–Crippen LogP) is 2.54. The molecule has 1 aliphatic rings. The van der Waals surface area contributed by atoms with Crippen LogP contribution in [-0.4, -0.2) is 11.5 Å². The van der Waals surface area contributed by atoms with E-state index in [0.717, 1.165) is 11.0 Å². The van der Waals surface area contributed by atoms with Crippen LogP contribution in [0.25, 0.3) is 0 Å². The summed E-state index contributed by atoms with van der Waals surface area (Å²) >= 11 is 3.44. The zero-order chi connectivity index (χ0) is 10.3. The minimum Gasteiger partial charge on any atom is -0.330 e. The van der Waals surface area contributed by atoms with E-state index in [1.54, 1.807) is 0 Å². The normalized spacial score (nSPS) is 28.9. The van der Waals surface area contributed by atoms with Gasteiger partial charge in [0.05, 0.1) is 0 Å². The van der Waals surface area contributed by atoms with E-state index < -0.39 is 0 Å². The van der Waals surface area contributed by atoms with E-state index in [9.17, 15) is 0 Å². The van der Waals surface area contributed by atoms with Crippen molar-refractivity contribution < 1.29 is 0 Å². The Morgan fingerprint density at radius 3 is 2.71 bits per heavy atom. The first-order chi connectivity index (χ1) is 6.57. The zero-order valence-corrected chi connectivity index (χ0v) is 10.1. The summed E-state index contributed by atoms with van der Waals surface area (Å²) in [5.74, 6) is 1.19. The second-order valence-corrected chi connectivity index (χ2v) is 5.49. The molecule has 1 aromatic heterocycles. The van der Waals surface area contributed by atoms with Crippen LogP contribution in [0.1, 0.15) is 25.3 Å². The summed E-state index contributed by atoms with van der Waals surface area (Å²) in [7, 11) is 0. The fraction of sp³-hybridized carbons (Fsp3) is 0.545. The summed E-state index contributed by atoms with van der Waals surface area (Å²) in [4.78, 5) is 4.19. The molecule has 0 radical (unpaired) electrons. The van der Waals surface area contributed by atoms with Gasteiger partial charge in [0.25, 0.3) is 0 Å². The molecule has 0 bridgehead atoms. The minimum absolute atomic E-state index is 0.344. The van der Waals surface area contributed by atoms with E-state index in [2.05, 4.69) is 40.8 Å².